The van der Waals surface area contributed by atoms with Crippen LogP contribution in [0, 0.1) is 19.8 Å². The molecule has 1 heteroatoms. The van der Waals surface area contributed by atoms with E-state index in [0.717, 1.165) is 0 Å². The molecule has 0 saturated carbocycles. The molecule has 132 valence electrons. The molecule has 0 aliphatic heterocycles. The largest absolute Gasteiger partial charge is 0.0657 e. The first-order valence-corrected chi connectivity index (χ1v) is 12.3. The van der Waals surface area contributed by atoms with Crippen LogP contribution in [0.1, 0.15) is 64.2 Å². The number of allylic oxidation sites excluding steroid dienone is 4. The maximum atomic E-state index is 2.40. The second kappa shape index (κ2) is 8.34. The third-order valence-corrected chi connectivity index (χ3v) is 9.85. The van der Waals surface area contributed by atoms with Crippen molar-refractivity contribution in [2.75, 3.05) is 0 Å². The van der Waals surface area contributed by atoms with Crippen LogP contribution in [0.2, 0.25) is 18.1 Å². The van der Waals surface area contributed by atoms with Crippen LogP contribution in [-0.2, 0) is 0 Å². The summed E-state index contributed by atoms with van der Waals surface area (Å²) in [6.45, 7) is 16.3. The van der Waals surface area contributed by atoms with E-state index in [-0.39, 0.29) is 0 Å². The zero-order valence-corrected chi connectivity index (χ0v) is 18.1. The zero-order chi connectivity index (χ0) is 17.9. The van der Waals surface area contributed by atoms with E-state index in [4.69, 9.17) is 0 Å². The second-order valence-electron chi connectivity index (χ2n) is 7.95. The molecule has 24 heavy (non-hydrogen) atoms. The fraction of sp³-hybridized carbons (Fsp3) is 0.565. The number of rotatable bonds is 7. The summed E-state index contributed by atoms with van der Waals surface area (Å²) in [7, 11) is -0.635. The lowest BCUT2D eigenvalue weighted by Gasteiger charge is -2.24. The van der Waals surface area contributed by atoms with Gasteiger partial charge in [-0.1, -0.05) is 73.7 Å². The summed E-state index contributed by atoms with van der Waals surface area (Å²) >= 11 is 0. The Bertz CT molecular complexity index is 622. The molecular formula is C23H36Si. The summed E-state index contributed by atoms with van der Waals surface area (Å²) < 4.78 is 0. The lowest BCUT2D eigenvalue weighted by Crippen LogP contribution is -2.18. The molecule has 0 N–H and O–H groups in total. The van der Waals surface area contributed by atoms with Crippen LogP contribution in [0.4, 0.5) is 0 Å². The highest BCUT2D eigenvalue weighted by Crippen LogP contribution is 2.46. The van der Waals surface area contributed by atoms with Gasteiger partial charge in [0.05, 0.1) is 0 Å². The van der Waals surface area contributed by atoms with Crippen molar-refractivity contribution in [1.82, 2.24) is 0 Å². The van der Waals surface area contributed by atoms with E-state index >= 15 is 0 Å². The standard InChI is InChI=1S/C23H36Si/c1-8-10-24(11-9-2)15-22-19(6)18(5)20(7)23(22)21-13-16(3)12-17(4)14-21/h12-14,22,24H,8-11,15H2,1-7H3. The van der Waals surface area contributed by atoms with Crippen molar-refractivity contribution < 1.29 is 0 Å². The molecule has 0 radical (unpaired) electrons. The number of hydrogen-bond donors (Lipinski definition) is 0. The Balaban J connectivity index is 2.40. The van der Waals surface area contributed by atoms with Gasteiger partial charge in [-0.3, -0.25) is 0 Å². The molecule has 1 unspecified atom stereocenters. The summed E-state index contributed by atoms with van der Waals surface area (Å²) in [4.78, 5) is 0. The molecule has 0 nitrogen and oxygen atoms in total. The Morgan fingerprint density at radius 1 is 0.792 bits per heavy atom. The van der Waals surface area contributed by atoms with Crippen molar-refractivity contribution in [2.24, 2.45) is 5.92 Å². The molecule has 1 aliphatic carbocycles. The molecule has 0 heterocycles. The first-order chi connectivity index (χ1) is 11.4. The first-order valence-electron chi connectivity index (χ1n) is 9.86. The van der Waals surface area contributed by atoms with E-state index in [1.54, 1.807) is 22.3 Å². The number of aryl methyl sites for hydroxylation is 2. The summed E-state index contributed by atoms with van der Waals surface area (Å²) in [5, 5.41) is 0. The molecular weight excluding hydrogens is 304 g/mol. The minimum atomic E-state index is -0.635. The molecule has 1 aromatic rings. The maximum absolute atomic E-state index is 2.40. The summed E-state index contributed by atoms with van der Waals surface area (Å²) in [5.74, 6) is 0.681. The molecule has 0 fully saturated rings. The normalized spacial score (nSPS) is 18.2. The van der Waals surface area contributed by atoms with E-state index < -0.39 is 8.80 Å². The van der Waals surface area contributed by atoms with Gasteiger partial charge in [0, 0.05) is 14.7 Å². The highest BCUT2D eigenvalue weighted by atomic mass is 28.3. The van der Waals surface area contributed by atoms with Crippen LogP contribution in [0.15, 0.2) is 34.9 Å². The molecule has 0 amide bonds. The van der Waals surface area contributed by atoms with Crippen molar-refractivity contribution in [3.05, 3.63) is 51.6 Å². The van der Waals surface area contributed by atoms with Gasteiger partial charge in [0.2, 0.25) is 0 Å². The monoisotopic (exact) mass is 340 g/mol. The van der Waals surface area contributed by atoms with Gasteiger partial charge in [-0.2, -0.15) is 0 Å². The Labute approximate surface area is 151 Å². The minimum Gasteiger partial charge on any atom is -0.0657 e. The molecule has 0 aromatic heterocycles. The Morgan fingerprint density at radius 3 is 1.83 bits per heavy atom. The van der Waals surface area contributed by atoms with E-state index in [9.17, 15) is 0 Å². The Morgan fingerprint density at radius 2 is 1.33 bits per heavy atom. The Hall–Kier alpha value is -1.08. The first kappa shape index (κ1) is 19.2. The lowest BCUT2D eigenvalue weighted by atomic mass is 9.90. The fourth-order valence-electron chi connectivity index (χ4n) is 4.61. The smallest absolute Gasteiger partial charge is 0.0376 e. The minimum absolute atomic E-state index is 0.635. The van der Waals surface area contributed by atoms with Crippen molar-refractivity contribution in [3.63, 3.8) is 0 Å². The van der Waals surface area contributed by atoms with E-state index in [1.165, 1.54) is 47.7 Å². The van der Waals surface area contributed by atoms with Gasteiger partial charge in [-0.15, -0.1) is 0 Å². The second-order valence-corrected chi connectivity index (χ2v) is 11.3. The third kappa shape index (κ3) is 4.11. The van der Waals surface area contributed by atoms with Gasteiger partial charge >= 0.3 is 0 Å². The van der Waals surface area contributed by atoms with Gasteiger partial charge in [0.1, 0.15) is 0 Å². The Kier molecular flexibility index (Phi) is 6.68. The number of hydrogen-bond acceptors (Lipinski definition) is 0. The molecule has 1 aromatic carbocycles. The highest BCUT2D eigenvalue weighted by Gasteiger charge is 2.30. The van der Waals surface area contributed by atoms with Crippen molar-refractivity contribution in [3.8, 4) is 0 Å². The average molecular weight is 341 g/mol. The van der Waals surface area contributed by atoms with Crippen molar-refractivity contribution in [1.29, 1.82) is 0 Å². The SMILES string of the molecule is CCC[SiH](CCC)CC1C(C)=C(C)C(C)=C1c1cc(C)cc(C)c1. The lowest BCUT2D eigenvalue weighted by molar-refractivity contribution is 0.855. The summed E-state index contributed by atoms with van der Waals surface area (Å²) in [6.07, 6.45) is 2.74. The molecule has 1 aliphatic rings. The fourth-order valence-corrected chi connectivity index (χ4v) is 8.26. The van der Waals surface area contributed by atoms with Crippen LogP contribution in [0.25, 0.3) is 5.57 Å². The molecule has 0 bridgehead atoms. The summed E-state index contributed by atoms with van der Waals surface area (Å²) in [6, 6.07) is 11.6. The van der Waals surface area contributed by atoms with Gasteiger partial charge in [-0.05, 0) is 62.9 Å². The van der Waals surface area contributed by atoms with Crippen LogP contribution in [-0.4, -0.2) is 8.80 Å². The molecule has 1 atom stereocenters. The molecule has 2 rings (SSSR count). The zero-order valence-electron chi connectivity index (χ0n) is 16.9. The van der Waals surface area contributed by atoms with E-state index in [2.05, 4.69) is 66.7 Å². The van der Waals surface area contributed by atoms with Crippen molar-refractivity contribution in [2.45, 2.75) is 79.4 Å². The third-order valence-electron chi connectivity index (χ3n) is 5.92. The van der Waals surface area contributed by atoms with E-state index in [0.29, 0.717) is 5.92 Å². The van der Waals surface area contributed by atoms with Crippen LogP contribution >= 0.6 is 0 Å². The van der Waals surface area contributed by atoms with Crippen LogP contribution in [0.5, 0.6) is 0 Å². The van der Waals surface area contributed by atoms with E-state index in [1.807, 2.05) is 0 Å². The highest BCUT2D eigenvalue weighted by molar-refractivity contribution is 6.59. The van der Waals surface area contributed by atoms with Gasteiger partial charge < -0.3 is 0 Å². The maximum Gasteiger partial charge on any atom is 0.0376 e. The van der Waals surface area contributed by atoms with Crippen LogP contribution < -0.4 is 0 Å². The van der Waals surface area contributed by atoms with Gasteiger partial charge in [-0.25, -0.2) is 0 Å². The number of benzene rings is 1. The van der Waals surface area contributed by atoms with Gasteiger partial charge in [0.25, 0.3) is 0 Å². The average Bonchev–Trinajstić information content (AvgIpc) is 2.71. The topological polar surface area (TPSA) is 0 Å². The summed E-state index contributed by atoms with van der Waals surface area (Å²) in [5.41, 5.74) is 10.6. The molecule has 0 spiro atoms. The van der Waals surface area contributed by atoms with Crippen molar-refractivity contribution >= 4 is 14.4 Å². The quantitative estimate of drug-likeness (QED) is 0.465. The van der Waals surface area contributed by atoms with Gasteiger partial charge in [0.15, 0.2) is 0 Å². The van der Waals surface area contributed by atoms with Crippen LogP contribution in [0.3, 0.4) is 0 Å². The predicted octanol–water partition coefficient (Wildman–Crippen LogP) is 7.09. The molecule has 0 saturated heterocycles. The predicted molar refractivity (Wildman–Crippen MR) is 113 cm³/mol.